The van der Waals surface area contributed by atoms with Crippen molar-refractivity contribution in [3.63, 3.8) is 0 Å². The molecular weight excluding hydrogens is 244 g/mol. The number of hydrogen-bond donors (Lipinski definition) is 2. The Kier molecular flexibility index (Phi) is 3.27. The number of thioether (sulfide) groups is 1. The smallest absolute Gasteiger partial charge is 0.0781 e. The first-order chi connectivity index (χ1) is 8.88. The van der Waals surface area contributed by atoms with Gasteiger partial charge >= 0.3 is 0 Å². The van der Waals surface area contributed by atoms with Crippen LogP contribution in [0.15, 0.2) is 47.8 Å². The molecule has 92 valence electrons. The molecule has 1 aromatic heterocycles. The van der Waals surface area contributed by atoms with Crippen LogP contribution >= 0.6 is 11.8 Å². The lowest BCUT2D eigenvalue weighted by atomic mass is 10.0. The largest absolute Gasteiger partial charge is 0.271 e. The van der Waals surface area contributed by atoms with Gasteiger partial charge in [-0.05, 0) is 18.1 Å². The molecule has 3 rings (SSSR count). The van der Waals surface area contributed by atoms with Crippen molar-refractivity contribution in [1.82, 2.24) is 15.4 Å². The SMILES string of the molecule is NNC(c1cnccn1)C1Cc2ccccc2S1. The number of nitrogens with two attached hydrogens (primary N) is 1. The van der Waals surface area contributed by atoms with Gasteiger partial charge in [0, 0.05) is 22.5 Å². The van der Waals surface area contributed by atoms with Crippen LogP contribution in [-0.4, -0.2) is 15.2 Å². The number of nitrogens with zero attached hydrogens (tertiary/aromatic N) is 2. The summed E-state index contributed by atoms with van der Waals surface area (Å²) in [6.45, 7) is 0. The lowest BCUT2D eigenvalue weighted by Gasteiger charge is -2.20. The van der Waals surface area contributed by atoms with Gasteiger partial charge in [-0.2, -0.15) is 0 Å². The average molecular weight is 258 g/mol. The van der Waals surface area contributed by atoms with E-state index < -0.39 is 0 Å². The number of aromatic nitrogens is 2. The Morgan fingerprint density at radius 3 is 2.94 bits per heavy atom. The first-order valence-electron chi connectivity index (χ1n) is 5.85. The van der Waals surface area contributed by atoms with Gasteiger partial charge in [0.1, 0.15) is 0 Å². The van der Waals surface area contributed by atoms with Crippen molar-refractivity contribution in [2.75, 3.05) is 0 Å². The summed E-state index contributed by atoms with van der Waals surface area (Å²) in [5, 5.41) is 0.365. The van der Waals surface area contributed by atoms with E-state index in [1.807, 2.05) is 11.8 Å². The van der Waals surface area contributed by atoms with Crippen molar-refractivity contribution in [3.8, 4) is 0 Å². The summed E-state index contributed by atoms with van der Waals surface area (Å²) in [6, 6.07) is 8.50. The molecule has 0 amide bonds. The summed E-state index contributed by atoms with van der Waals surface area (Å²) < 4.78 is 0. The second-order valence-electron chi connectivity index (χ2n) is 4.24. The van der Waals surface area contributed by atoms with Crippen LogP contribution in [0.5, 0.6) is 0 Å². The molecule has 1 aliphatic heterocycles. The molecule has 1 aliphatic rings. The zero-order valence-electron chi connectivity index (χ0n) is 9.78. The molecule has 18 heavy (non-hydrogen) atoms. The highest BCUT2D eigenvalue weighted by atomic mass is 32.2. The monoisotopic (exact) mass is 258 g/mol. The average Bonchev–Trinajstić information content (AvgIpc) is 2.84. The molecule has 0 spiro atoms. The van der Waals surface area contributed by atoms with E-state index in [0.717, 1.165) is 12.1 Å². The van der Waals surface area contributed by atoms with Crippen molar-refractivity contribution in [1.29, 1.82) is 0 Å². The van der Waals surface area contributed by atoms with Gasteiger partial charge < -0.3 is 0 Å². The van der Waals surface area contributed by atoms with E-state index in [0.29, 0.717) is 5.25 Å². The summed E-state index contributed by atoms with van der Waals surface area (Å²) in [5.41, 5.74) is 5.15. The molecular formula is C13H14N4S. The molecule has 0 radical (unpaired) electrons. The van der Waals surface area contributed by atoms with Crippen molar-refractivity contribution in [3.05, 3.63) is 54.1 Å². The van der Waals surface area contributed by atoms with Gasteiger partial charge in [0.15, 0.2) is 0 Å². The molecule has 3 N–H and O–H groups in total. The molecule has 0 saturated heterocycles. The quantitative estimate of drug-likeness (QED) is 0.648. The molecule has 2 heterocycles. The first-order valence-corrected chi connectivity index (χ1v) is 6.73. The Morgan fingerprint density at radius 2 is 2.22 bits per heavy atom. The Balaban J connectivity index is 1.84. The van der Waals surface area contributed by atoms with E-state index >= 15 is 0 Å². The third-order valence-electron chi connectivity index (χ3n) is 3.13. The van der Waals surface area contributed by atoms with Crippen LogP contribution in [0.2, 0.25) is 0 Å². The van der Waals surface area contributed by atoms with Crippen LogP contribution in [0.25, 0.3) is 0 Å². The van der Waals surface area contributed by atoms with Gasteiger partial charge in [0.2, 0.25) is 0 Å². The molecule has 2 unspecified atom stereocenters. The molecule has 0 saturated carbocycles. The predicted molar refractivity (Wildman–Crippen MR) is 71.9 cm³/mol. The van der Waals surface area contributed by atoms with Crippen LogP contribution < -0.4 is 11.3 Å². The van der Waals surface area contributed by atoms with Crippen LogP contribution in [-0.2, 0) is 6.42 Å². The predicted octanol–water partition coefficient (Wildman–Crippen LogP) is 1.70. The van der Waals surface area contributed by atoms with Gasteiger partial charge in [-0.1, -0.05) is 18.2 Å². The summed E-state index contributed by atoms with van der Waals surface area (Å²) in [7, 11) is 0. The minimum absolute atomic E-state index is 0.0242. The zero-order chi connectivity index (χ0) is 12.4. The second-order valence-corrected chi connectivity index (χ2v) is 5.52. The van der Waals surface area contributed by atoms with Crippen LogP contribution in [0, 0.1) is 0 Å². The van der Waals surface area contributed by atoms with Crippen molar-refractivity contribution in [2.45, 2.75) is 22.6 Å². The van der Waals surface area contributed by atoms with E-state index in [2.05, 4.69) is 39.7 Å². The van der Waals surface area contributed by atoms with E-state index in [-0.39, 0.29) is 6.04 Å². The minimum atomic E-state index is 0.0242. The van der Waals surface area contributed by atoms with E-state index in [9.17, 15) is 0 Å². The van der Waals surface area contributed by atoms with Crippen LogP contribution in [0.1, 0.15) is 17.3 Å². The third-order valence-corrected chi connectivity index (χ3v) is 4.52. The molecule has 4 nitrogen and oxygen atoms in total. The Hall–Kier alpha value is -1.43. The van der Waals surface area contributed by atoms with Gasteiger partial charge in [-0.15, -0.1) is 11.8 Å². The topological polar surface area (TPSA) is 63.8 Å². The Morgan fingerprint density at radius 1 is 1.33 bits per heavy atom. The first kappa shape index (κ1) is 11.6. The van der Waals surface area contributed by atoms with Gasteiger partial charge in [-0.3, -0.25) is 21.2 Å². The second kappa shape index (κ2) is 5.06. The van der Waals surface area contributed by atoms with Gasteiger partial charge in [-0.25, -0.2) is 0 Å². The molecule has 1 aromatic carbocycles. The zero-order valence-corrected chi connectivity index (χ0v) is 10.6. The van der Waals surface area contributed by atoms with E-state index in [1.54, 1.807) is 18.6 Å². The van der Waals surface area contributed by atoms with E-state index in [4.69, 9.17) is 5.84 Å². The lowest BCUT2D eigenvalue weighted by molar-refractivity contribution is 0.519. The molecule has 2 atom stereocenters. The number of rotatable bonds is 3. The fraction of sp³-hybridized carbons (Fsp3) is 0.231. The highest BCUT2D eigenvalue weighted by molar-refractivity contribution is 8.00. The standard InChI is InChI=1S/C13H14N4S/c14-17-13(10-8-15-5-6-16-10)12-7-9-3-1-2-4-11(9)18-12/h1-6,8,12-13,17H,7,14H2. The van der Waals surface area contributed by atoms with Crippen molar-refractivity contribution >= 4 is 11.8 Å². The van der Waals surface area contributed by atoms with Crippen molar-refractivity contribution in [2.24, 2.45) is 5.84 Å². The normalized spacial score (nSPS) is 19.5. The summed E-state index contributed by atoms with van der Waals surface area (Å²) in [5.74, 6) is 5.69. The maximum Gasteiger partial charge on any atom is 0.0781 e. The number of benzene rings is 1. The maximum absolute atomic E-state index is 5.69. The highest BCUT2D eigenvalue weighted by Crippen LogP contribution is 2.41. The Labute approximate surface area is 110 Å². The molecule has 0 aliphatic carbocycles. The molecule has 5 heteroatoms. The fourth-order valence-electron chi connectivity index (χ4n) is 2.25. The number of nitrogens with one attached hydrogen (secondary N) is 1. The number of hydrogen-bond acceptors (Lipinski definition) is 5. The summed E-state index contributed by atoms with van der Waals surface area (Å²) in [4.78, 5) is 9.79. The highest BCUT2D eigenvalue weighted by Gasteiger charge is 2.30. The molecule has 0 fully saturated rings. The van der Waals surface area contributed by atoms with E-state index in [1.165, 1.54) is 10.5 Å². The number of fused-ring (bicyclic) bond motifs is 1. The van der Waals surface area contributed by atoms with Gasteiger partial charge in [0.05, 0.1) is 17.9 Å². The summed E-state index contributed by atoms with van der Waals surface area (Å²) in [6.07, 6.45) is 6.15. The fourth-order valence-corrected chi connectivity index (χ4v) is 3.65. The molecule has 2 aromatic rings. The minimum Gasteiger partial charge on any atom is -0.271 e. The van der Waals surface area contributed by atoms with Crippen LogP contribution in [0.4, 0.5) is 0 Å². The lowest BCUT2D eigenvalue weighted by Crippen LogP contribution is -2.35. The van der Waals surface area contributed by atoms with Crippen LogP contribution in [0.3, 0.4) is 0 Å². The summed E-state index contributed by atoms with van der Waals surface area (Å²) >= 11 is 1.85. The third kappa shape index (κ3) is 2.12. The van der Waals surface area contributed by atoms with Crippen molar-refractivity contribution < 1.29 is 0 Å². The molecule has 0 bridgehead atoms. The Bertz CT molecular complexity index is 507. The maximum atomic E-state index is 5.69. The number of hydrazine groups is 1. The van der Waals surface area contributed by atoms with Gasteiger partial charge in [0.25, 0.3) is 0 Å².